The van der Waals surface area contributed by atoms with Gasteiger partial charge in [-0.3, -0.25) is 0 Å². The van der Waals surface area contributed by atoms with Crippen LogP contribution in [0.4, 0.5) is 0 Å². The van der Waals surface area contributed by atoms with E-state index in [1.807, 2.05) is 31.1 Å². The van der Waals surface area contributed by atoms with Crippen molar-refractivity contribution in [3.05, 3.63) is 34.9 Å². The summed E-state index contributed by atoms with van der Waals surface area (Å²) in [6.45, 7) is 0.301. The molecule has 7 heteroatoms. The molecule has 0 aliphatic rings. The fraction of sp³-hybridized carbons (Fsp3) is 0.500. The van der Waals surface area contributed by atoms with Gasteiger partial charge in [0.05, 0.1) is 0 Å². The van der Waals surface area contributed by atoms with Crippen LogP contribution in [0.15, 0.2) is 24.3 Å². The Labute approximate surface area is 120 Å². The first-order valence-electron chi connectivity index (χ1n) is 5.83. The summed E-state index contributed by atoms with van der Waals surface area (Å²) < 4.78 is 27.2. The number of hydrogen-bond donors (Lipinski definition) is 1. The molecule has 0 aliphatic carbocycles. The van der Waals surface area contributed by atoms with Crippen molar-refractivity contribution in [2.75, 3.05) is 34.7 Å². The lowest BCUT2D eigenvalue weighted by molar-refractivity contribution is 0.298. The van der Waals surface area contributed by atoms with E-state index in [2.05, 4.69) is 4.72 Å². The van der Waals surface area contributed by atoms with Gasteiger partial charge in [-0.15, -0.1) is 0 Å². The van der Waals surface area contributed by atoms with E-state index in [4.69, 9.17) is 11.6 Å². The third-order valence-electron chi connectivity index (χ3n) is 2.82. The Hall–Kier alpha value is -0.660. The molecule has 0 saturated heterocycles. The highest BCUT2D eigenvalue weighted by Gasteiger charge is 2.19. The van der Waals surface area contributed by atoms with Gasteiger partial charge in [0.1, 0.15) is 0 Å². The molecule has 0 saturated carbocycles. The van der Waals surface area contributed by atoms with Crippen molar-refractivity contribution in [1.29, 1.82) is 0 Å². The maximum Gasteiger partial charge on any atom is 0.278 e. The number of hydrogen-bond acceptors (Lipinski definition) is 3. The molecule has 0 radical (unpaired) electrons. The number of halogens is 1. The van der Waals surface area contributed by atoms with Gasteiger partial charge in [0, 0.05) is 31.7 Å². The van der Waals surface area contributed by atoms with E-state index in [-0.39, 0.29) is 6.04 Å². The summed E-state index contributed by atoms with van der Waals surface area (Å²) in [5, 5.41) is 0.662. The third-order valence-corrected chi connectivity index (χ3v) is 4.56. The lowest BCUT2D eigenvalue weighted by atomic mass is 10.1. The average molecular weight is 306 g/mol. The maximum absolute atomic E-state index is 11.7. The molecular formula is C12H20ClN3O2S. The minimum atomic E-state index is -3.41. The maximum atomic E-state index is 11.7. The second-order valence-electron chi connectivity index (χ2n) is 4.67. The SMILES string of the molecule is CN(C)C(CNS(=O)(=O)N(C)C)c1ccc(Cl)cc1. The summed E-state index contributed by atoms with van der Waals surface area (Å²) in [4.78, 5) is 1.96. The number of likely N-dealkylation sites (N-methyl/N-ethyl adjacent to an activating group) is 1. The van der Waals surface area contributed by atoms with E-state index in [0.29, 0.717) is 11.6 Å². The molecule has 0 aliphatic heterocycles. The fourth-order valence-electron chi connectivity index (χ4n) is 1.60. The van der Waals surface area contributed by atoms with Crippen LogP contribution >= 0.6 is 11.6 Å². The Morgan fingerprint density at radius 1 is 1.16 bits per heavy atom. The second kappa shape index (κ2) is 6.67. The van der Waals surface area contributed by atoms with Crippen molar-refractivity contribution in [2.45, 2.75) is 6.04 Å². The molecule has 0 heterocycles. The van der Waals surface area contributed by atoms with Crippen molar-refractivity contribution in [3.8, 4) is 0 Å². The summed E-state index contributed by atoms with van der Waals surface area (Å²) >= 11 is 5.86. The van der Waals surface area contributed by atoms with Crippen LogP contribution in [0.3, 0.4) is 0 Å². The first-order valence-corrected chi connectivity index (χ1v) is 7.65. The van der Waals surface area contributed by atoms with Crippen molar-refractivity contribution in [3.63, 3.8) is 0 Å². The first kappa shape index (κ1) is 16.4. The lowest BCUT2D eigenvalue weighted by Crippen LogP contribution is -2.40. The van der Waals surface area contributed by atoms with Crippen LogP contribution in [0.5, 0.6) is 0 Å². The van der Waals surface area contributed by atoms with E-state index in [1.54, 1.807) is 12.1 Å². The smallest absolute Gasteiger partial charge is 0.278 e. The minimum absolute atomic E-state index is 0.0491. The Morgan fingerprint density at radius 3 is 2.11 bits per heavy atom. The number of nitrogens with one attached hydrogen (secondary N) is 1. The monoisotopic (exact) mass is 305 g/mol. The number of benzene rings is 1. The van der Waals surface area contributed by atoms with Gasteiger partial charge in [-0.2, -0.15) is 12.7 Å². The van der Waals surface area contributed by atoms with Crippen molar-refractivity contribution < 1.29 is 8.42 Å². The highest BCUT2D eigenvalue weighted by Crippen LogP contribution is 2.20. The van der Waals surface area contributed by atoms with E-state index in [1.165, 1.54) is 14.1 Å². The van der Waals surface area contributed by atoms with Gasteiger partial charge < -0.3 is 4.90 Å². The van der Waals surface area contributed by atoms with Crippen LogP contribution in [-0.2, 0) is 10.2 Å². The molecule has 5 nitrogen and oxygen atoms in total. The molecule has 19 heavy (non-hydrogen) atoms. The van der Waals surface area contributed by atoms with Crippen LogP contribution in [0, 0.1) is 0 Å². The molecule has 1 N–H and O–H groups in total. The van der Waals surface area contributed by atoms with Gasteiger partial charge in [0.15, 0.2) is 0 Å². The quantitative estimate of drug-likeness (QED) is 0.863. The van der Waals surface area contributed by atoms with Crippen molar-refractivity contribution in [2.24, 2.45) is 0 Å². The first-order chi connectivity index (χ1) is 8.74. The predicted octanol–water partition coefficient (Wildman–Crippen LogP) is 1.34. The summed E-state index contributed by atoms with van der Waals surface area (Å²) in [7, 11) is 3.39. The van der Waals surface area contributed by atoms with Crippen molar-refractivity contribution in [1.82, 2.24) is 13.9 Å². The molecule has 1 aromatic carbocycles. The molecule has 0 bridgehead atoms. The standard InChI is InChI=1S/C12H20ClN3O2S/c1-15(2)12(9-14-19(17,18)16(3)4)10-5-7-11(13)8-6-10/h5-8,12,14H,9H2,1-4H3. The molecule has 1 unspecified atom stereocenters. The Balaban J connectivity index is 2.83. The van der Waals surface area contributed by atoms with Crippen LogP contribution < -0.4 is 4.72 Å². The molecule has 1 rings (SSSR count). The van der Waals surface area contributed by atoms with E-state index >= 15 is 0 Å². The van der Waals surface area contributed by atoms with Gasteiger partial charge in [0.25, 0.3) is 10.2 Å². The molecule has 1 aromatic rings. The highest BCUT2D eigenvalue weighted by atomic mass is 35.5. The van der Waals surface area contributed by atoms with Crippen LogP contribution in [-0.4, -0.2) is 52.4 Å². The Bertz CT molecular complexity index is 500. The molecule has 108 valence electrons. The average Bonchev–Trinajstić information content (AvgIpc) is 2.31. The van der Waals surface area contributed by atoms with Crippen LogP contribution in [0.2, 0.25) is 5.02 Å². The summed E-state index contributed by atoms with van der Waals surface area (Å²) in [5.74, 6) is 0. The molecule has 0 aromatic heterocycles. The van der Waals surface area contributed by atoms with Crippen molar-refractivity contribution >= 4 is 21.8 Å². The number of rotatable bonds is 6. The zero-order valence-electron chi connectivity index (χ0n) is 11.6. The highest BCUT2D eigenvalue weighted by molar-refractivity contribution is 7.87. The summed E-state index contributed by atoms with van der Waals surface area (Å²) in [6.07, 6.45) is 0. The number of nitrogens with zero attached hydrogens (tertiary/aromatic N) is 2. The van der Waals surface area contributed by atoms with E-state index in [9.17, 15) is 8.42 Å². The molecule has 0 fully saturated rings. The van der Waals surface area contributed by atoms with Gasteiger partial charge in [0.2, 0.25) is 0 Å². The zero-order valence-corrected chi connectivity index (χ0v) is 13.2. The van der Waals surface area contributed by atoms with Crippen LogP contribution in [0.25, 0.3) is 0 Å². The Morgan fingerprint density at radius 2 is 1.68 bits per heavy atom. The van der Waals surface area contributed by atoms with Gasteiger partial charge in [-0.25, -0.2) is 4.72 Å². The normalized spacial score (nSPS) is 14.1. The molecule has 0 spiro atoms. The fourth-order valence-corrected chi connectivity index (χ4v) is 2.35. The predicted molar refractivity (Wildman–Crippen MR) is 78.5 cm³/mol. The van der Waals surface area contributed by atoms with Crippen LogP contribution in [0.1, 0.15) is 11.6 Å². The molecule has 1 atom stereocenters. The summed E-state index contributed by atoms with van der Waals surface area (Å²) in [5.41, 5.74) is 1.01. The summed E-state index contributed by atoms with van der Waals surface area (Å²) in [6, 6.07) is 7.35. The van der Waals surface area contributed by atoms with E-state index in [0.717, 1.165) is 9.87 Å². The molecular weight excluding hydrogens is 286 g/mol. The third kappa shape index (κ3) is 4.74. The van der Waals surface area contributed by atoms with Gasteiger partial charge in [-0.1, -0.05) is 23.7 Å². The topological polar surface area (TPSA) is 52.7 Å². The second-order valence-corrected chi connectivity index (χ2v) is 7.07. The zero-order chi connectivity index (χ0) is 14.6. The van der Waals surface area contributed by atoms with Gasteiger partial charge >= 0.3 is 0 Å². The molecule has 0 amide bonds. The van der Waals surface area contributed by atoms with E-state index < -0.39 is 10.2 Å². The lowest BCUT2D eigenvalue weighted by Gasteiger charge is -2.25. The largest absolute Gasteiger partial charge is 0.301 e. The Kier molecular flexibility index (Phi) is 5.76. The van der Waals surface area contributed by atoms with Gasteiger partial charge in [-0.05, 0) is 31.8 Å². The minimum Gasteiger partial charge on any atom is -0.301 e.